The molecule has 0 aliphatic rings. The van der Waals surface area contributed by atoms with Crippen LogP contribution in [0.5, 0.6) is 0 Å². The predicted octanol–water partition coefficient (Wildman–Crippen LogP) is 3.71. The van der Waals surface area contributed by atoms with Gasteiger partial charge in [-0.2, -0.15) is 4.91 Å². The summed E-state index contributed by atoms with van der Waals surface area (Å²) >= 11 is 0. The predicted molar refractivity (Wildman–Crippen MR) is 69.9 cm³/mol. The number of nitrogens with zero attached hydrogens (tertiary/aromatic N) is 2. The fourth-order valence-electron chi connectivity index (χ4n) is 1.90. The molecule has 0 aliphatic carbocycles. The van der Waals surface area contributed by atoms with Gasteiger partial charge >= 0.3 is 0 Å². The summed E-state index contributed by atoms with van der Waals surface area (Å²) < 4.78 is 0. The SMILES string of the molecule is CCC(C)(Cc1ccc2ncccc2c1)N=O. The van der Waals surface area contributed by atoms with Gasteiger partial charge < -0.3 is 0 Å². The van der Waals surface area contributed by atoms with Gasteiger partial charge in [0.05, 0.1) is 5.52 Å². The maximum atomic E-state index is 10.9. The molecule has 0 N–H and O–H groups in total. The van der Waals surface area contributed by atoms with Gasteiger partial charge in [-0.15, -0.1) is 0 Å². The van der Waals surface area contributed by atoms with Crippen molar-refractivity contribution in [1.29, 1.82) is 0 Å². The van der Waals surface area contributed by atoms with Crippen molar-refractivity contribution in [3.8, 4) is 0 Å². The Morgan fingerprint density at radius 1 is 1.35 bits per heavy atom. The third-order valence-electron chi connectivity index (χ3n) is 3.23. The van der Waals surface area contributed by atoms with Crippen molar-refractivity contribution >= 4 is 10.9 Å². The summed E-state index contributed by atoms with van der Waals surface area (Å²) in [6.07, 6.45) is 3.21. The average Bonchev–Trinajstić information content (AvgIpc) is 2.38. The minimum Gasteiger partial charge on any atom is -0.256 e. The van der Waals surface area contributed by atoms with Crippen LogP contribution in [-0.4, -0.2) is 10.5 Å². The second-order valence-electron chi connectivity index (χ2n) is 4.65. The Morgan fingerprint density at radius 2 is 2.18 bits per heavy atom. The van der Waals surface area contributed by atoms with Crippen molar-refractivity contribution in [3.63, 3.8) is 0 Å². The quantitative estimate of drug-likeness (QED) is 0.748. The van der Waals surface area contributed by atoms with Gasteiger partial charge in [0.25, 0.3) is 0 Å². The molecule has 0 saturated heterocycles. The van der Waals surface area contributed by atoms with Crippen LogP contribution < -0.4 is 0 Å². The number of nitroso groups, excluding NO2 is 1. The molecule has 0 saturated carbocycles. The lowest BCUT2D eigenvalue weighted by Gasteiger charge is -2.19. The van der Waals surface area contributed by atoms with E-state index in [4.69, 9.17) is 0 Å². The molecule has 1 unspecified atom stereocenters. The van der Waals surface area contributed by atoms with Crippen LogP contribution in [0.15, 0.2) is 41.7 Å². The lowest BCUT2D eigenvalue weighted by Crippen LogP contribution is -2.23. The molecule has 3 heteroatoms. The highest BCUT2D eigenvalue weighted by atomic mass is 16.3. The van der Waals surface area contributed by atoms with E-state index in [-0.39, 0.29) is 0 Å². The van der Waals surface area contributed by atoms with Gasteiger partial charge in [-0.25, -0.2) is 0 Å². The molecular formula is C14H16N2O. The summed E-state index contributed by atoms with van der Waals surface area (Å²) in [4.78, 5) is 15.1. The zero-order chi connectivity index (χ0) is 12.3. The van der Waals surface area contributed by atoms with Gasteiger partial charge in [0.15, 0.2) is 0 Å². The molecule has 17 heavy (non-hydrogen) atoms. The summed E-state index contributed by atoms with van der Waals surface area (Å²) in [5, 5.41) is 4.35. The molecule has 0 bridgehead atoms. The summed E-state index contributed by atoms with van der Waals surface area (Å²) in [5.41, 5.74) is 1.61. The molecule has 2 rings (SSSR count). The topological polar surface area (TPSA) is 42.3 Å². The lowest BCUT2D eigenvalue weighted by atomic mass is 9.91. The fourth-order valence-corrected chi connectivity index (χ4v) is 1.90. The molecule has 3 nitrogen and oxygen atoms in total. The van der Waals surface area contributed by atoms with E-state index in [1.807, 2.05) is 38.1 Å². The number of rotatable bonds is 4. The van der Waals surface area contributed by atoms with Gasteiger partial charge in [-0.3, -0.25) is 4.98 Å². The van der Waals surface area contributed by atoms with Crippen LogP contribution >= 0.6 is 0 Å². The molecule has 1 aromatic carbocycles. The molecule has 0 amide bonds. The molecule has 1 atom stereocenters. The number of aromatic nitrogens is 1. The second-order valence-corrected chi connectivity index (χ2v) is 4.65. The number of hydrogen-bond donors (Lipinski definition) is 0. The second kappa shape index (κ2) is 4.62. The molecule has 1 heterocycles. The Balaban J connectivity index is 2.34. The van der Waals surface area contributed by atoms with E-state index in [0.717, 1.165) is 22.9 Å². The highest BCUT2D eigenvalue weighted by Crippen LogP contribution is 2.23. The van der Waals surface area contributed by atoms with Gasteiger partial charge in [0, 0.05) is 18.0 Å². The molecule has 1 aromatic heterocycles. The van der Waals surface area contributed by atoms with Crippen molar-refractivity contribution in [2.75, 3.05) is 0 Å². The Hall–Kier alpha value is -1.77. The first-order valence-electron chi connectivity index (χ1n) is 5.85. The van der Waals surface area contributed by atoms with Gasteiger partial charge in [0.1, 0.15) is 5.54 Å². The highest BCUT2D eigenvalue weighted by Gasteiger charge is 2.23. The standard InChI is InChI=1S/C14H16N2O/c1-3-14(2,16-17)10-11-6-7-13-12(9-11)5-4-8-15-13/h4-9H,3,10H2,1-2H3. The summed E-state index contributed by atoms with van der Waals surface area (Å²) in [6, 6.07) is 10.0. The maximum Gasteiger partial charge on any atom is 0.104 e. The largest absolute Gasteiger partial charge is 0.256 e. The highest BCUT2D eigenvalue weighted by molar-refractivity contribution is 5.78. The van der Waals surface area contributed by atoms with Crippen LogP contribution in [0.3, 0.4) is 0 Å². The van der Waals surface area contributed by atoms with E-state index in [1.165, 1.54) is 0 Å². The number of pyridine rings is 1. The number of fused-ring (bicyclic) bond motifs is 1. The van der Waals surface area contributed by atoms with Crippen LogP contribution in [0.1, 0.15) is 25.8 Å². The molecule has 0 fully saturated rings. The number of benzene rings is 1. The van der Waals surface area contributed by atoms with E-state index < -0.39 is 5.54 Å². The molecule has 0 radical (unpaired) electrons. The van der Waals surface area contributed by atoms with E-state index in [1.54, 1.807) is 6.20 Å². The first kappa shape index (κ1) is 11.7. The Kier molecular flexibility index (Phi) is 3.18. The fraction of sp³-hybridized carbons (Fsp3) is 0.357. The van der Waals surface area contributed by atoms with Crippen molar-refractivity contribution < 1.29 is 0 Å². The molecular weight excluding hydrogens is 212 g/mol. The van der Waals surface area contributed by atoms with E-state index in [2.05, 4.69) is 16.2 Å². The van der Waals surface area contributed by atoms with Crippen molar-refractivity contribution in [2.24, 2.45) is 5.18 Å². The van der Waals surface area contributed by atoms with Crippen molar-refractivity contribution in [2.45, 2.75) is 32.2 Å². The monoisotopic (exact) mass is 228 g/mol. The minimum absolute atomic E-state index is 0.504. The first-order chi connectivity index (χ1) is 8.17. The smallest absolute Gasteiger partial charge is 0.104 e. The molecule has 0 aliphatic heterocycles. The Bertz CT molecular complexity index is 538. The summed E-state index contributed by atoms with van der Waals surface area (Å²) in [7, 11) is 0. The van der Waals surface area contributed by atoms with Gasteiger partial charge in [0.2, 0.25) is 0 Å². The lowest BCUT2D eigenvalue weighted by molar-refractivity contribution is 0.449. The van der Waals surface area contributed by atoms with Crippen LogP contribution in [0.4, 0.5) is 0 Å². The van der Waals surface area contributed by atoms with E-state index >= 15 is 0 Å². The molecule has 2 aromatic rings. The van der Waals surface area contributed by atoms with Crippen molar-refractivity contribution in [1.82, 2.24) is 4.98 Å². The summed E-state index contributed by atoms with van der Waals surface area (Å²) in [6.45, 7) is 3.89. The summed E-state index contributed by atoms with van der Waals surface area (Å²) in [5.74, 6) is 0. The number of hydrogen-bond acceptors (Lipinski definition) is 3. The van der Waals surface area contributed by atoms with Gasteiger partial charge in [-0.05, 0) is 37.1 Å². The van der Waals surface area contributed by atoms with E-state index in [9.17, 15) is 4.91 Å². The Morgan fingerprint density at radius 3 is 2.88 bits per heavy atom. The van der Waals surface area contributed by atoms with Crippen LogP contribution in [0.25, 0.3) is 10.9 Å². The van der Waals surface area contributed by atoms with Crippen molar-refractivity contribution in [3.05, 3.63) is 47.0 Å². The maximum absolute atomic E-state index is 10.9. The zero-order valence-corrected chi connectivity index (χ0v) is 10.2. The zero-order valence-electron chi connectivity index (χ0n) is 10.2. The minimum atomic E-state index is -0.504. The normalized spacial score (nSPS) is 14.5. The van der Waals surface area contributed by atoms with Gasteiger partial charge in [-0.1, -0.05) is 24.2 Å². The third kappa shape index (κ3) is 2.49. The molecule has 88 valence electrons. The van der Waals surface area contributed by atoms with Crippen LogP contribution in [-0.2, 0) is 6.42 Å². The first-order valence-corrected chi connectivity index (χ1v) is 5.85. The average molecular weight is 228 g/mol. The van der Waals surface area contributed by atoms with E-state index in [0.29, 0.717) is 6.42 Å². The Labute approximate surface area is 101 Å². The molecule has 0 spiro atoms. The van der Waals surface area contributed by atoms with Crippen LogP contribution in [0.2, 0.25) is 0 Å². The van der Waals surface area contributed by atoms with Crippen LogP contribution in [0, 0.1) is 4.91 Å². The third-order valence-corrected chi connectivity index (χ3v) is 3.23.